The maximum Gasteiger partial charge on any atom is 0.319 e. The van der Waals surface area contributed by atoms with Crippen molar-refractivity contribution in [3.8, 4) is 0 Å². The Hall–Kier alpha value is -3.34. The fourth-order valence-corrected chi connectivity index (χ4v) is 3.84. The Kier molecular flexibility index (Phi) is 6.05. The molecule has 5 nitrogen and oxygen atoms in total. The quantitative estimate of drug-likeness (QED) is 0.649. The summed E-state index contributed by atoms with van der Waals surface area (Å²) in [6.45, 7) is 2.48. The molecule has 1 aliphatic heterocycles. The van der Waals surface area contributed by atoms with Crippen LogP contribution in [0.4, 0.5) is 16.3 Å². The Morgan fingerprint density at radius 1 is 0.897 bits per heavy atom. The molecule has 1 aliphatic rings. The summed E-state index contributed by atoms with van der Waals surface area (Å²) in [5.41, 5.74) is 3.11. The van der Waals surface area contributed by atoms with Gasteiger partial charge < -0.3 is 15.5 Å². The van der Waals surface area contributed by atoms with Gasteiger partial charge in [0.25, 0.3) is 0 Å². The summed E-state index contributed by atoms with van der Waals surface area (Å²) in [6, 6.07) is 24.1. The predicted octanol–water partition coefficient (Wildman–Crippen LogP) is 4.64. The van der Waals surface area contributed by atoms with Gasteiger partial charge in [0.15, 0.2) is 5.82 Å². The van der Waals surface area contributed by atoms with E-state index in [1.54, 1.807) is 6.20 Å². The third-order valence-corrected chi connectivity index (χ3v) is 5.31. The molecule has 2 aromatic carbocycles. The zero-order valence-electron chi connectivity index (χ0n) is 16.4. The molecule has 0 saturated carbocycles. The van der Waals surface area contributed by atoms with E-state index >= 15 is 0 Å². The third-order valence-electron chi connectivity index (χ3n) is 5.31. The number of carbonyl (C=O) groups excluding carboxylic acids is 1. The topological polar surface area (TPSA) is 57.3 Å². The zero-order chi connectivity index (χ0) is 19.9. The molecule has 5 heteroatoms. The van der Waals surface area contributed by atoms with Crippen molar-refractivity contribution in [2.75, 3.05) is 29.9 Å². The summed E-state index contributed by atoms with van der Waals surface area (Å²) in [5, 5.41) is 6.04. The van der Waals surface area contributed by atoms with Crippen molar-refractivity contribution < 1.29 is 4.79 Å². The average Bonchev–Trinajstić information content (AvgIpc) is 3.31. The smallest absolute Gasteiger partial charge is 0.319 e. The fourth-order valence-electron chi connectivity index (χ4n) is 3.84. The number of nitrogens with one attached hydrogen (secondary N) is 2. The maximum atomic E-state index is 12.7. The van der Waals surface area contributed by atoms with E-state index in [4.69, 9.17) is 0 Å². The van der Waals surface area contributed by atoms with Crippen LogP contribution in [0.15, 0.2) is 79.0 Å². The van der Waals surface area contributed by atoms with Crippen molar-refractivity contribution in [1.82, 2.24) is 10.3 Å². The lowest BCUT2D eigenvalue weighted by Crippen LogP contribution is -2.33. The molecule has 1 saturated heterocycles. The summed E-state index contributed by atoms with van der Waals surface area (Å²) >= 11 is 0. The van der Waals surface area contributed by atoms with Crippen LogP contribution in [0, 0.1) is 0 Å². The van der Waals surface area contributed by atoms with Crippen molar-refractivity contribution in [3.05, 3.63) is 90.1 Å². The Balaban J connectivity index is 1.45. The van der Waals surface area contributed by atoms with Crippen LogP contribution in [-0.4, -0.2) is 30.6 Å². The van der Waals surface area contributed by atoms with E-state index in [2.05, 4.69) is 44.8 Å². The highest BCUT2D eigenvalue weighted by atomic mass is 16.2. The Labute approximate surface area is 171 Å². The van der Waals surface area contributed by atoms with Gasteiger partial charge in [-0.2, -0.15) is 0 Å². The lowest BCUT2D eigenvalue weighted by Gasteiger charge is -2.21. The number of benzene rings is 2. The summed E-state index contributed by atoms with van der Waals surface area (Å²) in [4.78, 5) is 19.4. The molecule has 29 heavy (non-hydrogen) atoms. The number of rotatable bonds is 6. The number of nitrogens with zero attached hydrogens (tertiary/aromatic N) is 2. The van der Waals surface area contributed by atoms with E-state index in [9.17, 15) is 4.79 Å². The van der Waals surface area contributed by atoms with Gasteiger partial charge in [0, 0.05) is 31.7 Å². The number of pyridine rings is 1. The molecule has 0 unspecified atom stereocenters. The molecule has 2 heterocycles. The molecule has 2 N–H and O–H groups in total. The third kappa shape index (κ3) is 4.74. The molecule has 4 rings (SSSR count). The van der Waals surface area contributed by atoms with Crippen LogP contribution < -0.4 is 15.5 Å². The van der Waals surface area contributed by atoms with Gasteiger partial charge in [0.05, 0.1) is 5.69 Å². The molecule has 2 amide bonds. The first-order chi connectivity index (χ1) is 14.3. The second-order valence-corrected chi connectivity index (χ2v) is 7.28. The molecule has 1 aromatic heterocycles. The highest BCUT2D eigenvalue weighted by Gasteiger charge is 2.19. The SMILES string of the molecule is O=C(NCC(c1ccccc1)c1ccccc1)Nc1cccnc1N1CCCC1. The highest BCUT2D eigenvalue weighted by Crippen LogP contribution is 2.26. The summed E-state index contributed by atoms with van der Waals surface area (Å²) < 4.78 is 0. The van der Waals surface area contributed by atoms with E-state index in [1.165, 1.54) is 11.1 Å². The molecule has 148 valence electrons. The van der Waals surface area contributed by atoms with Gasteiger partial charge in [-0.1, -0.05) is 60.7 Å². The van der Waals surface area contributed by atoms with E-state index in [0.717, 1.165) is 37.4 Å². The number of hydrogen-bond donors (Lipinski definition) is 2. The van der Waals surface area contributed by atoms with E-state index < -0.39 is 0 Å². The molecular weight excluding hydrogens is 360 g/mol. The van der Waals surface area contributed by atoms with Gasteiger partial charge in [0.1, 0.15) is 0 Å². The first-order valence-corrected chi connectivity index (χ1v) is 10.2. The first-order valence-electron chi connectivity index (χ1n) is 10.2. The Morgan fingerprint density at radius 2 is 1.52 bits per heavy atom. The van der Waals surface area contributed by atoms with Gasteiger partial charge in [0.2, 0.25) is 0 Å². The minimum atomic E-state index is -0.213. The monoisotopic (exact) mass is 386 g/mol. The number of aromatic nitrogens is 1. The van der Waals surface area contributed by atoms with Crippen LogP contribution in [0.3, 0.4) is 0 Å². The minimum Gasteiger partial charge on any atom is -0.355 e. The van der Waals surface area contributed by atoms with Gasteiger partial charge in [-0.3, -0.25) is 0 Å². The first kappa shape index (κ1) is 19.0. The fraction of sp³-hybridized carbons (Fsp3) is 0.250. The second kappa shape index (κ2) is 9.24. The zero-order valence-corrected chi connectivity index (χ0v) is 16.4. The minimum absolute atomic E-state index is 0.0927. The van der Waals surface area contributed by atoms with Gasteiger partial charge >= 0.3 is 6.03 Å². The van der Waals surface area contributed by atoms with Crippen LogP contribution >= 0.6 is 0 Å². The van der Waals surface area contributed by atoms with Crippen LogP contribution in [0.1, 0.15) is 29.9 Å². The summed E-state index contributed by atoms with van der Waals surface area (Å²) in [5.74, 6) is 0.943. The van der Waals surface area contributed by atoms with E-state index in [-0.39, 0.29) is 11.9 Å². The predicted molar refractivity (Wildman–Crippen MR) is 117 cm³/mol. The van der Waals surface area contributed by atoms with Crippen molar-refractivity contribution in [1.29, 1.82) is 0 Å². The van der Waals surface area contributed by atoms with Crippen molar-refractivity contribution in [3.63, 3.8) is 0 Å². The summed E-state index contributed by atoms with van der Waals surface area (Å²) in [6.07, 6.45) is 4.10. The summed E-state index contributed by atoms with van der Waals surface area (Å²) in [7, 11) is 0. The number of hydrogen-bond acceptors (Lipinski definition) is 3. The van der Waals surface area contributed by atoms with Crippen LogP contribution in [0.5, 0.6) is 0 Å². The lowest BCUT2D eigenvalue weighted by atomic mass is 9.91. The Morgan fingerprint density at radius 3 is 2.14 bits per heavy atom. The highest BCUT2D eigenvalue weighted by molar-refractivity contribution is 5.92. The molecule has 1 fully saturated rings. The van der Waals surface area contributed by atoms with E-state index in [1.807, 2.05) is 48.5 Å². The number of anilines is 2. The molecule has 0 spiro atoms. The largest absolute Gasteiger partial charge is 0.355 e. The number of amides is 2. The molecule has 0 radical (unpaired) electrons. The normalized spacial score (nSPS) is 13.5. The van der Waals surface area contributed by atoms with Gasteiger partial charge in [-0.05, 0) is 36.1 Å². The molecule has 0 bridgehead atoms. The Bertz CT molecular complexity index is 884. The standard InChI is InChI=1S/C24H26N4O/c29-24(27-22-14-9-15-25-23(22)28-16-7-8-17-28)26-18-21(19-10-3-1-4-11-19)20-12-5-2-6-13-20/h1-6,9-15,21H,7-8,16-18H2,(H2,26,27,29). The molecular formula is C24H26N4O. The van der Waals surface area contributed by atoms with Gasteiger partial charge in [-0.25, -0.2) is 9.78 Å². The number of carbonyl (C=O) groups is 1. The van der Waals surface area contributed by atoms with Gasteiger partial charge in [-0.15, -0.1) is 0 Å². The van der Waals surface area contributed by atoms with Crippen molar-refractivity contribution in [2.24, 2.45) is 0 Å². The average molecular weight is 386 g/mol. The second-order valence-electron chi connectivity index (χ2n) is 7.28. The van der Waals surface area contributed by atoms with Crippen LogP contribution in [0.25, 0.3) is 0 Å². The van der Waals surface area contributed by atoms with Crippen LogP contribution in [0.2, 0.25) is 0 Å². The molecule has 0 atom stereocenters. The molecule has 0 aliphatic carbocycles. The maximum absolute atomic E-state index is 12.7. The van der Waals surface area contributed by atoms with Crippen LogP contribution in [-0.2, 0) is 0 Å². The van der Waals surface area contributed by atoms with Crippen molar-refractivity contribution in [2.45, 2.75) is 18.8 Å². The number of urea groups is 1. The lowest BCUT2D eigenvalue weighted by molar-refractivity contribution is 0.252. The van der Waals surface area contributed by atoms with E-state index in [0.29, 0.717) is 6.54 Å². The molecule has 3 aromatic rings. The van der Waals surface area contributed by atoms with Crippen molar-refractivity contribution >= 4 is 17.5 Å².